The lowest BCUT2D eigenvalue weighted by atomic mass is 9.91. The van der Waals surface area contributed by atoms with Crippen LogP contribution >= 0.6 is 15.9 Å². The van der Waals surface area contributed by atoms with Crippen molar-refractivity contribution < 1.29 is 28.2 Å². The molecule has 3 atom stereocenters. The van der Waals surface area contributed by atoms with Crippen molar-refractivity contribution in [3.8, 4) is 17.0 Å². The zero-order valence-corrected chi connectivity index (χ0v) is 22.9. The highest BCUT2D eigenvalue weighted by molar-refractivity contribution is 9.10. The van der Waals surface area contributed by atoms with Gasteiger partial charge in [-0.05, 0) is 35.4 Å². The van der Waals surface area contributed by atoms with E-state index in [9.17, 15) is 18.4 Å². The first-order valence-electron chi connectivity index (χ1n) is 12.5. The number of halogens is 3. The molecule has 0 radical (unpaired) electrons. The molecule has 1 aliphatic heterocycles. The lowest BCUT2D eigenvalue weighted by Gasteiger charge is -2.29. The summed E-state index contributed by atoms with van der Waals surface area (Å²) in [7, 11) is 0. The quantitative estimate of drug-likeness (QED) is 0.213. The summed E-state index contributed by atoms with van der Waals surface area (Å²) < 4.78 is 35.1. The van der Waals surface area contributed by atoms with Crippen LogP contribution in [-0.4, -0.2) is 45.1 Å². The molecule has 0 bridgehead atoms. The van der Waals surface area contributed by atoms with Gasteiger partial charge in [0.2, 0.25) is 0 Å². The minimum atomic E-state index is -0.958. The van der Waals surface area contributed by atoms with E-state index in [2.05, 4.69) is 31.2 Å². The van der Waals surface area contributed by atoms with E-state index in [1.165, 1.54) is 6.20 Å². The van der Waals surface area contributed by atoms with Gasteiger partial charge in [-0.3, -0.25) is 9.69 Å². The number of imide groups is 1. The third kappa shape index (κ3) is 5.34. The molecule has 2 heterocycles. The van der Waals surface area contributed by atoms with Crippen LogP contribution in [0.25, 0.3) is 11.3 Å². The van der Waals surface area contributed by atoms with Crippen molar-refractivity contribution in [2.45, 2.75) is 24.9 Å². The number of aliphatic hydroxyl groups is 1. The Morgan fingerprint density at radius 2 is 1.75 bits per heavy atom. The molecule has 1 aliphatic rings. The molecule has 0 saturated carbocycles. The summed E-state index contributed by atoms with van der Waals surface area (Å²) >= 11 is 3.08. The van der Waals surface area contributed by atoms with Gasteiger partial charge in [-0.2, -0.15) is 0 Å². The maximum absolute atomic E-state index is 14.7. The average molecular weight is 611 g/mol. The molecule has 0 spiro atoms. The fourth-order valence-electron chi connectivity index (χ4n) is 4.84. The van der Waals surface area contributed by atoms with Crippen molar-refractivity contribution in [1.29, 1.82) is 0 Å². The Hall–Kier alpha value is -4.09. The van der Waals surface area contributed by atoms with E-state index in [4.69, 9.17) is 9.84 Å². The van der Waals surface area contributed by atoms with Crippen molar-refractivity contribution in [3.05, 3.63) is 106 Å². The molecule has 0 unspecified atom stereocenters. The Kier molecular flexibility index (Phi) is 7.95. The summed E-state index contributed by atoms with van der Waals surface area (Å²) in [5.74, 6) is -1.81. The molecule has 1 aromatic heterocycles. The van der Waals surface area contributed by atoms with Gasteiger partial charge < -0.3 is 20.1 Å². The number of amides is 3. The van der Waals surface area contributed by atoms with Crippen molar-refractivity contribution in [2.24, 2.45) is 0 Å². The summed E-state index contributed by atoms with van der Waals surface area (Å²) in [6, 6.07) is 15.7. The lowest BCUT2D eigenvalue weighted by molar-refractivity contribution is -0.129. The molecule has 11 heteroatoms. The molecule has 40 heavy (non-hydrogen) atoms. The SMILES string of the molecule is C[C@@H](c1ccccc1)[C@@H](c1ncc(-c2c(F)cc(Br)cc2F)[nH]1)N1C(=O)N[C@H](c2ccc(OCCO)cc2)C1=O. The highest BCUT2D eigenvalue weighted by atomic mass is 79.9. The van der Waals surface area contributed by atoms with Crippen LogP contribution < -0.4 is 10.1 Å². The number of aromatic nitrogens is 2. The Morgan fingerprint density at radius 3 is 2.40 bits per heavy atom. The number of hydrogen-bond acceptors (Lipinski definition) is 5. The number of carbonyl (C=O) groups is 2. The predicted molar refractivity (Wildman–Crippen MR) is 146 cm³/mol. The van der Waals surface area contributed by atoms with Gasteiger partial charge in [0.15, 0.2) is 0 Å². The number of H-pyrrole nitrogens is 1. The highest BCUT2D eigenvalue weighted by Gasteiger charge is 2.46. The first-order chi connectivity index (χ1) is 19.3. The molecule has 0 aliphatic carbocycles. The monoisotopic (exact) mass is 610 g/mol. The van der Waals surface area contributed by atoms with Crippen LogP contribution in [0.5, 0.6) is 5.75 Å². The van der Waals surface area contributed by atoms with Crippen molar-refractivity contribution >= 4 is 27.9 Å². The molecule has 4 aromatic rings. The number of urea groups is 1. The predicted octanol–water partition coefficient (Wildman–Crippen LogP) is 5.63. The summed E-state index contributed by atoms with van der Waals surface area (Å²) in [6.45, 7) is 1.85. The zero-order chi connectivity index (χ0) is 28.4. The second-order valence-electron chi connectivity index (χ2n) is 9.30. The summed E-state index contributed by atoms with van der Waals surface area (Å²) in [4.78, 5) is 35.5. The first-order valence-corrected chi connectivity index (χ1v) is 13.3. The normalized spacial score (nSPS) is 16.6. The number of nitrogens with zero attached hydrogens (tertiary/aromatic N) is 2. The van der Waals surface area contributed by atoms with Crippen molar-refractivity contribution in [1.82, 2.24) is 20.2 Å². The van der Waals surface area contributed by atoms with Gasteiger partial charge >= 0.3 is 6.03 Å². The number of nitrogens with one attached hydrogen (secondary N) is 2. The second-order valence-corrected chi connectivity index (χ2v) is 10.2. The van der Waals surface area contributed by atoms with Crippen LogP contribution in [0, 0.1) is 11.6 Å². The Balaban J connectivity index is 1.52. The van der Waals surface area contributed by atoms with Crippen LogP contribution in [-0.2, 0) is 4.79 Å². The molecular weight excluding hydrogens is 586 g/mol. The van der Waals surface area contributed by atoms with Crippen LogP contribution in [0.3, 0.4) is 0 Å². The summed E-state index contributed by atoms with van der Waals surface area (Å²) in [5, 5.41) is 11.7. The van der Waals surface area contributed by atoms with E-state index in [1.54, 1.807) is 24.3 Å². The molecule has 1 fully saturated rings. The van der Waals surface area contributed by atoms with Crippen LogP contribution in [0.15, 0.2) is 77.4 Å². The number of imidazole rings is 1. The van der Waals surface area contributed by atoms with E-state index in [1.807, 2.05) is 37.3 Å². The molecule has 3 aromatic carbocycles. The third-order valence-electron chi connectivity index (χ3n) is 6.77. The van der Waals surface area contributed by atoms with E-state index < -0.39 is 41.6 Å². The van der Waals surface area contributed by atoms with E-state index in [0.29, 0.717) is 11.3 Å². The van der Waals surface area contributed by atoms with Gasteiger partial charge in [0.05, 0.1) is 24.1 Å². The van der Waals surface area contributed by atoms with E-state index >= 15 is 0 Å². The molecule has 8 nitrogen and oxygen atoms in total. The average Bonchev–Trinajstić information content (AvgIpc) is 3.53. The van der Waals surface area contributed by atoms with Crippen LogP contribution in [0.2, 0.25) is 0 Å². The number of aliphatic hydroxyl groups excluding tert-OH is 1. The van der Waals surface area contributed by atoms with Gasteiger partial charge in [0.25, 0.3) is 5.91 Å². The second kappa shape index (κ2) is 11.6. The number of ether oxygens (including phenoxy) is 1. The van der Waals surface area contributed by atoms with Crippen LogP contribution in [0.4, 0.5) is 13.6 Å². The largest absolute Gasteiger partial charge is 0.491 e. The van der Waals surface area contributed by atoms with E-state index in [-0.39, 0.29) is 34.8 Å². The van der Waals surface area contributed by atoms with Crippen molar-refractivity contribution in [3.63, 3.8) is 0 Å². The Morgan fingerprint density at radius 1 is 1.07 bits per heavy atom. The Bertz CT molecular complexity index is 1510. The van der Waals surface area contributed by atoms with Gasteiger partial charge in [0.1, 0.15) is 41.9 Å². The molecule has 206 valence electrons. The number of hydrogen-bond donors (Lipinski definition) is 3. The third-order valence-corrected chi connectivity index (χ3v) is 7.23. The minimum absolute atomic E-state index is 0.0739. The Labute approximate surface area is 237 Å². The molecular formula is C29H25BrF2N4O4. The fraction of sp³-hybridized carbons (Fsp3) is 0.207. The smallest absolute Gasteiger partial charge is 0.325 e. The van der Waals surface area contributed by atoms with Gasteiger partial charge in [-0.15, -0.1) is 0 Å². The van der Waals surface area contributed by atoms with Gasteiger partial charge in [-0.25, -0.2) is 18.6 Å². The van der Waals surface area contributed by atoms with Gasteiger partial charge in [0, 0.05) is 10.4 Å². The zero-order valence-electron chi connectivity index (χ0n) is 21.3. The lowest BCUT2D eigenvalue weighted by Crippen LogP contribution is -2.38. The number of benzene rings is 3. The molecule has 1 saturated heterocycles. The topological polar surface area (TPSA) is 108 Å². The number of rotatable bonds is 9. The number of aromatic amines is 1. The first kappa shape index (κ1) is 27.5. The maximum atomic E-state index is 14.7. The standard InChI is InChI=1S/C29H25BrF2N4O4/c1-16(17-5-3-2-4-6-17)26(27-33-15-23(34-27)24-21(31)13-19(30)14-22(24)32)36-28(38)25(35-29(36)39)18-7-9-20(10-8-18)40-12-11-37/h2-10,13-16,25-26,37H,11-12H2,1H3,(H,33,34)(H,35,39)/t16-,25+,26-/m0/s1. The van der Waals surface area contributed by atoms with Gasteiger partial charge in [-0.1, -0.05) is 65.3 Å². The number of carbonyl (C=O) groups excluding carboxylic acids is 2. The van der Waals surface area contributed by atoms with Crippen molar-refractivity contribution in [2.75, 3.05) is 13.2 Å². The molecule has 3 amide bonds. The van der Waals surface area contributed by atoms with Crippen LogP contribution in [0.1, 0.15) is 41.9 Å². The molecule has 5 rings (SSSR count). The van der Waals surface area contributed by atoms with E-state index in [0.717, 1.165) is 22.6 Å². The fourth-order valence-corrected chi connectivity index (χ4v) is 5.24. The summed E-state index contributed by atoms with van der Waals surface area (Å²) in [6.07, 6.45) is 1.29. The minimum Gasteiger partial charge on any atom is -0.491 e. The highest BCUT2D eigenvalue weighted by Crippen LogP contribution is 2.39. The maximum Gasteiger partial charge on any atom is 0.325 e. The molecule has 3 N–H and O–H groups in total. The summed E-state index contributed by atoms with van der Waals surface area (Å²) in [5.41, 5.74) is 1.15.